The van der Waals surface area contributed by atoms with Crippen LogP contribution in [0.4, 0.5) is 5.69 Å². The molecule has 0 aromatic heterocycles. The van der Waals surface area contributed by atoms with Gasteiger partial charge in [-0.1, -0.05) is 48.0 Å². The van der Waals surface area contributed by atoms with E-state index >= 15 is 0 Å². The van der Waals surface area contributed by atoms with E-state index in [1.807, 2.05) is 25.1 Å². The summed E-state index contributed by atoms with van der Waals surface area (Å²) in [5, 5.41) is 5.76. The van der Waals surface area contributed by atoms with E-state index in [1.54, 1.807) is 18.2 Å². The van der Waals surface area contributed by atoms with Crippen LogP contribution in [0, 0.1) is 6.92 Å². The minimum atomic E-state index is -0.705. The Morgan fingerprint density at radius 2 is 1.96 bits per heavy atom. The Labute approximate surface area is 169 Å². The van der Waals surface area contributed by atoms with Crippen LogP contribution in [0.3, 0.4) is 0 Å². The summed E-state index contributed by atoms with van der Waals surface area (Å²) in [7, 11) is 0. The van der Waals surface area contributed by atoms with Crippen LogP contribution >= 0.6 is 11.6 Å². The first kappa shape index (κ1) is 20.3. The molecule has 2 aromatic rings. The number of ether oxygens (including phenoxy) is 1. The Morgan fingerprint density at radius 3 is 2.71 bits per heavy atom. The lowest BCUT2D eigenvalue weighted by Gasteiger charge is -2.33. The van der Waals surface area contributed by atoms with Gasteiger partial charge in [-0.15, -0.1) is 0 Å². The molecular formula is C21H24ClN3O3. The summed E-state index contributed by atoms with van der Waals surface area (Å²) in [6.07, 6.45) is 0.0280. The predicted octanol–water partition coefficient (Wildman–Crippen LogP) is 2.78. The quantitative estimate of drug-likeness (QED) is 0.756. The Kier molecular flexibility index (Phi) is 7.03. The summed E-state index contributed by atoms with van der Waals surface area (Å²) in [6, 6.07) is 15.2. The van der Waals surface area contributed by atoms with Gasteiger partial charge in [-0.2, -0.15) is 0 Å². The number of carbonyl (C=O) groups is 2. The number of amides is 2. The topological polar surface area (TPSA) is 70.7 Å². The van der Waals surface area contributed by atoms with Gasteiger partial charge in [0, 0.05) is 36.9 Å². The first-order valence-corrected chi connectivity index (χ1v) is 9.65. The van der Waals surface area contributed by atoms with Gasteiger partial charge in [0.1, 0.15) is 0 Å². The van der Waals surface area contributed by atoms with E-state index in [2.05, 4.69) is 27.7 Å². The smallest absolute Gasteiger partial charge is 0.313 e. The summed E-state index contributed by atoms with van der Waals surface area (Å²) in [5.41, 5.74) is 2.55. The standard InChI is InChI=1S/C21H24ClN3O3/c1-15-7-8-17(13-18(15)22)24-21(27)20(26)23-9-10-25-11-12-28-19(14-25)16-5-3-2-4-6-16/h2-8,13,19H,9-12,14H2,1H3,(H,23,26)(H,24,27). The molecule has 2 aromatic carbocycles. The summed E-state index contributed by atoms with van der Waals surface area (Å²) < 4.78 is 5.84. The maximum atomic E-state index is 12.0. The first-order valence-electron chi connectivity index (χ1n) is 9.27. The van der Waals surface area contributed by atoms with Crippen LogP contribution < -0.4 is 10.6 Å². The third-order valence-electron chi connectivity index (χ3n) is 4.67. The molecule has 6 nitrogen and oxygen atoms in total. The summed E-state index contributed by atoms with van der Waals surface area (Å²) in [6.45, 7) is 5.11. The highest BCUT2D eigenvalue weighted by molar-refractivity contribution is 6.39. The van der Waals surface area contributed by atoms with Crippen molar-refractivity contribution in [3.05, 3.63) is 64.7 Å². The van der Waals surface area contributed by atoms with Crippen molar-refractivity contribution in [1.82, 2.24) is 10.2 Å². The number of carbonyl (C=O) groups excluding carboxylic acids is 2. The molecule has 1 aliphatic rings. The van der Waals surface area contributed by atoms with E-state index in [-0.39, 0.29) is 6.10 Å². The zero-order valence-electron chi connectivity index (χ0n) is 15.8. The Balaban J connectivity index is 1.43. The number of halogens is 1. The molecule has 1 atom stereocenters. The maximum absolute atomic E-state index is 12.0. The van der Waals surface area contributed by atoms with Gasteiger partial charge in [0.25, 0.3) is 0 Å². The van der Waals surface area contributed by atoms with Crippen LogP contribution in [-0.2, 0) is 14.3 Å². The van der Waals surface area contributed by atoms with Gasteiger partial charge < -0.3 is 15.4 Å². The second-order valence-electron chi connectivity index (χ2n) is 6.74. The molecule has 1 heterocycles. The molecule has 1 fully saturated rings. The molecular weight excluding hydrogens is 378 g/mol. The number of rotatable bonds is 5. The molecule has 0 saturated carbocycles. The molecule has 2 amide bonds. The second-order valence-corrected chi connectivity index (χ2v) is 7.15. The molecule has 3 rings (SSSR count). The number of hydrogen-bond donors (Lipinski definition) is 2. The van der Waals surface area contributed by atoms with Crippen LogP contribution in [0.2, 0.25) is 5.02 Å². The van der Waals surface area contributed by atoms with Crippen LogP contribution in [0.1, 0.15) is 17.2 Å². The molecule has 1 aliphatic heterocycles. The zero-order chi connectivity index (χ0) is 19.9. The fraction of sp³-hybridized carbons (Fsp3) is 0.333. The van der Waals surface area contributed by atoms with Crippen molar-refractivity contribution in [1.29, 1.82) is 0 Å². The normalized spacial score (nSPS) is 17.1. The number of nitrogens with one attached hydrogen (secondary N) is 2. The Hall–Kier alpha value is -2.41. The van der Waals surface area contributed by atoms with Crippen LogP contribution in [-0.4, -0.2) is 49.5 Å². The molecule has 148 valence electrons. The van der Waals surface area contributed by atoms with Crippen molar-refractivity contribution in [3.63, 3.8) is 0 Å². The lowest BCUT2D eigenvalue weighted by atomic mass is 10.1. The summed E-state index contributed by atoms with van der Waals surface area (Å²) >= 11 is 6.03. The van der Waals surface area contributed by atoms with E-state index in [4.69, 9.17) is 16.3 Å². The third kappa shape index (κ3) is 5.55. The number of morpholine rings is 1. The third-order valence-corrected chi connectivity index (χ3v) is 5.08. The number of anilines is 1. The van der Waals surface area contributed by atoms with Gasteiger partial charge in [-0.05, 0) is 30.2 Å². The molecule has 0 aliphatic carbocycles. The Bertz CT molecular complexity index is 829. The average molecular weight is 402 g/mol. The molecule has 28 heavy (non-hydrogen) atoms. The van der Waals surface area contributed by atoms with Gasteiger partial charge in [-0.25, -0.2) is 0 Å². The van der Waals surface area contributed by atoms with Gasteiger partial charge in [-0.3, -0.25) is 14.5 Å². The van der Waals surface area contributed by atoms with Crippen molar-refractivity contribution in [2.75, 3.05) is 38.1 Å². The first-order chi connectivity index (χ1) is 13.5. The summed E-state index contributed by atoms with van der Waals surface area (Å²) in [4.78, 5) is 26.3. The largest absolute Gasteiger partial charge is 0.371 e. The highest BCUT2D eigenvalue weighted by atomic mass is 35.5. The zero-order valence-corrected chi connectivity index (χ0v) is 16.5. The van der Waals surface area contributed by atoms with E-state index < -0.39 is 11.8 Å². The van der Waals surface area contributed by atoms with Crippen LogP contribution in [0.5, 0.6) is 0 Å². The monoisotopic (exact) mass is 401 g/mol. The molecule has 0 bridgehead atoms. The Morgan fingerprint density at radius 1 is 1.18 bits per heavy atom. The fourth-order valence-electron chi connectivity index (χ4n) is 3.04. The molecule has 2 N–H and O–H groups in total. The van der Waals surface area contributed by atoms with Crippen molar-refractivity contribution < 1.29 is 14.3 Å². The lowest BCUT2D eigenvalue weighted by Crippen LogP contribution is -2.44. The van der Waals surface area contributed by atoms with E-state index in [0.717, 1.165) is 24.2 Å². The molecule has 0 radical (unpaired) electrons. The van der Waals surface area contributed by atoms with E-state index in [0.29, 0.717) is 30.4 Å². The van der Waals surface area contributed by atoms with Crippen molar-refractivity contribution >= 4 is 29.1 Å². The highest BCUT2D eigenvalue weighted by Gasteiger charge is 2.22. The fourth-order valence-corrected chi connectivity index (χ4v) is 3.22. The summed E-state index contributed by atoms with van der Waals surface area (Å²) in [5.74, 6) is -1.37. The highest BCUT2D eigenvalue weighted by Crippen LogP contribution is 2.21. The van der Waals surface area contributed by atoms with Crippen molar-refractivity contribution in [2.45, 2.75) is 13.0 Å². The molecule has 0 spiro atoms. The van der Waals surface area contributed by atoms with Crippen molar-refractivity contribution in [2.24, 2.45) is 0 Å². The second kappa shape index (κ2) is 9.68. The van der Waals surface area contributed by atoms with E-state index in [1.165, 1.54) is 0 Å². The number of hydrogen-bond acceptors (Lipinski definition) is 4. The van der Waals surface area contributed by atoms with Gasteiger partial charge in [0.15, 0.2) is 0 Å². The van der Waals surface area contributed by atoms with Crippen LogP contribution in [0.25, 0.3) is 0 Å². The molecule has 7 heteroatoms. The predicted molar refractivity (Wildman–Crippen MR) is 109 cm³/mol. The molecule has 1 saturated heterocycles. The lowest BCUT2D eigenvalue weighted by molar-refractivity contribution is -0.136. The van der Waals surface area contributed by atoms with Crippen LogP contribution in [0.15, 0.2) is 48.5 Å². The minimum absolute atomic E-state index is 0.0280. The molecule has 1 unspecified atom stereocenters. The van der Waals surface area contributed by atoms with Crippen molar-refractivity contribution in [3.8, 4) is 0 Å². The maximum Gasteiger partial charge on any atom is 0.313 e. The van der Waals surface area contributed by atoms with Gasteiger partial charge in [0.05, 0.1) is 12.7 Å². The number of benzene rings is 2. The van der Waals surface area contributed by atoms with Gasteiger partial charge >= 0.3 is 11.8 Å². The van der Waals surface area contributed by atoms with Gasteiger partial charge in [0.2, 0.25) is 0 Å². The number of nitrogens with zero attached hydrogens (tertiary/aromatic N) is 1. The SMILES string of the molecule is Cc1ccc(NC(=O)C(=O)NCCN2CCOC(c3ccccc3)C2)cc1Cl. The minimum Gasteiger partial charge on any atom is -0.371 e. The van der Waals surface area contributed by atoms with E-state index in [9.17, 15) is 9.59 Å². The average Bonchev–Trinajstić information content (AvgIpc) is 2.71. The number of aryl methyl sites for hydroxylation is 1.